The van der Waals surface area contributed by atoms with Crippen molar-refractivity contribution in [1.29, 1.82) is 0 Å². The van der Waals surface area contributed by atoms with Gasteiger partial charge in [-0.1, -0.05) is 27.7 Å². The summed E-state index contributed by atoms with van der Waals surface area (Å²) in [5, 5.41) is 8.38. The van der Waals surface area contributed by atoms with E-state index in [1.165, 1.54) is 18.5 Å². The molecule has 0 radical (unpaired) electrons. The minimum Gasteiger partial charge on any atom is -0.314 e. The van der Waals surface area contributed by atoms with Gasteiger partial charge in [0.1, 0.15) is 0 Å². The van der Waals surface area contributed by atoms with Crippen molar-refractivity contribution < 1.29 is 0 Å². The fraction of sp³-hybridized carbons (Fsp3) is 0.812. The van der Waals surface area contributed by atoms with Crippen molar-refractivity contribution in [2.24, 2.45) is 5.41 Å². The predicted octanol–water partition coefficient (Wildman–Crippen LogP) is 3.56. The lowest BCUT2D eigenvalue weighted by Crippen LogP contribution is -2.31. The summed E-state index contributed by atoms with van der Waals surface area (Å²) in [6, 6.07) is 3.37. The van der Waals surface area contributed by atoms with E-state index in [0.717, 1.165) is 25.8 Å². The largest absolute Gasteiger partial charge is 0.314 e. The standard InChI is InChI=1S/C16H29N3/c1-5-15(6-2)19-10-7-14(18-19)11-16(8-9-16)12-17-13(3)4/h7,10,13,15,17H,5-6,8-9,11-12H2,1-4H3. The normalized spacial score (nSPS) is 17.4. The highest BCUT2D eigenvalue weighted by Crippen LogP contribution is 2.47. The Morgan fingerprint density at radius 3 is 2.53 bits per heavy atom. The molecule has 0 aromatic carbocycles. The number of hydrogen-bond acceptors (Lipinski definition) is 2. The quantitative estimate of drug-likeness (QED) is 0.777. The highest BCUT2D eigenvalue weighted by molar-refractivity contribution is 5.09. The van der Waals surface area contributed by atoms with Gasteiger partial charge in [0.25, 0.3) is 0 Å². The van der Waals surface area contributed by atoms with Crippen LogP contribution in [0.3, 0.4) is 0 Å². The minimum atomic E-state index is 0.497. The summed E-state index contributed by atoms with van der Waals surface area (Å²) in [6.07, 6.45) is 8.34. The summed E-state index contributed by atoms with van der Waals surface area (Å²) in [6.45, 7) is 10.1. The molecule has 0 amide bonds. The maximum Gasteiger partial charge on any atom is 0.0630 e. The number of nitrogens with zero attached hydrogens (tertiary/aromatic N) is 2. The molecule has 1 aromatic heterocycles. The molecule has 0 saturated heterocycles. The molecule has 108 valence electrons. The van der Waals surface area contributed by atoms with Crippen molar-refractivity contribution in [2.45, 2.75) is 71.9 Å². The molecule has 1 aromatic rings. The molecule has 0 unspecified atom stereocenters. The van der Waals surface area contributed by atoms with E-state index in [2.05, 4.69) is 50.0 Å². The van der Waals surface area contributed by atoms with Crippen molar-refractivity contribution in [2.75, 3.05) is 6.54 Å². The SMILES string of the molecule is CCC(CC)n1ccc(CC2(CNC(C)C)CC2)n1. The Balaban J connectivity index is 1.93. The van der Waals surface area contributed by atoms with Crippen LogP contribution in [0.15, 0.2) is 12.3 Å². The van der Waals surface area contributed by atoms with Gasteiger partial charge in [0.2, 0.25) is 0 Å². The van der Waals surface area contributed by atoms with Gasteiger partial charge in [0, 0.05) is 18.8 Å². The maximum atomic E-state index is 4.79. The Hall–Kier alpha value is -0.830. The molecule has 19 heavy (non-hydrogen) atoms. The smallest absolute Gasteiger partial charge is 0.0630 e. The summed E-state index contributed by atoms with van der Waals surface area (Å²) in [5.41, 5.74) is 1.77. The second-order valence-electron chi connectivity index (χ2n) is 6.47. The summed E-state index contributed by atoms with van der Waals surface area (Å²) in [5.74, 6) is 0. The van der Waals surface area contributed by atoms with E-state index in [0.29, 0.717) is 17.5 Å². The Morgan fingerprint density at radius 2 is 2.00 bits per heavy atom. The first-order chi connectivity index (χ1) is 9.08. The molecule has 3 heteroatoms. The number of rotatable bonds is 8. The van der Waals surface area contributed by atoms with Crippen LogP contribution in [0, 0.1) is 5.41 Å². The van der Waals surface area contributed by atoms with Crippen LogP contribution in [0.2, 0.25) is 0 Å². The van der Waals surface area contributed by atoms with Gasteiger partial charge < -0.3 is 5.32 Å². The van der Waals surface area contributed by atoms with Gasteiger partial charge in [-0.05, 0) is 43.6 Å². The Morgan fingerprint density at radius 1 is 1.32 bits per heavy atom. The monoisotopic (exact) mass is 263 g/mol. The predicted molar refractivity (Wildman–Crippen MR) is 80.4 cm³/mol. The van der Waals surface area contributed by atoms with E-state index >= 15 is 0 Å². The first-order valence-corrected chi connectivity index (χ1v) is 7.86. The zero-order valence-electron chi connectivity index (χ0n) is 12.9. The van der Waals surface area contributed by atoms with Crippen LogP contribution in [-0.2, 0) is 6.42 Å². The van der Waals surface area contributed by atoms with Crippen LogP contribution < -0.4 is 5.32 Å². The third-order valence-corrected chi connectivity index (χ3v) is 4.38. The molecule has 0 spiro atoms. The van der Waals surface area contributed by atoms with Gasteiger partial charge in [0.15, 0.2) is 0 Å². The maximum absolute atomic E-state index is 4.79. The zero-order chi connectivity index (χ0) is 13.9. The van der Waals surface area contributed by atoms with Crippen LogP contribution in [0.1, 0.15) is 65.1 Å². The molecule has 1 aliphatic rings. The second kappa shape index (κ2) is 6.08. The lowest BCUT2D eigenvalue weighted by molar-refractivity contribution is 0.406. The molecule has 1 fully saturated rings. The Labute approximate surface area is 117 Å². The third-order valence-electron chi connectivity index (χ3n) is 4.38. The second-order valence-corrected chi connectivity index (χ2v) is 6.47. The lowest BCUT2D eigenvalue weighted by atomic mass is 10.00. The molecule has 0 bridgehead atoms. The first kappa shape index (κ1) is 14.6. The Bertz CT molecular complexity index is 386. The van der Waals surface area contributed by atoms with Crippen molar-refractivity contribution in [3.05, 3.63) is 18.0 Å². The van der Waals surface area contributed by atoms with Crippen molar-refractivity contribution in [3.8, 4) is 0 Å². The van der Waals surface area contributed by atoms with E-state index in [1.54, 1.807) is 0 Å². The Kier molecular flexibility index (Phi) is 4.67. The van der Waals surface area contributed by atoms with Crippen LogP contribution in [-0.4, -0.2) is 22.4 Å². The van der Waals surface area contributed by atoms with Gasteiger partial charge in [-0.15, -0.1) is 0 Å². The van der Waals surface area contributed by atoms with Gasteiger partial charge in [-0.2, -0.15) is 5.10 Å². The summed E-state index contributed by atoms with van der Waals surface area (Å²) in [4.78, 5) is 0. The molecule has 1 saturated carbocycles. The topological polar surface area (TPSA) is 29.9 Å². The molecule has 1 N–H and O–H groups in total. The van der Waals surface area contributed by atoms with Gasteiger partial charge in [-0.25, -0.2) is 0 Å². The zero-order valence-corrected chi connectivity index (χ0v) is 12.9. The van der Waals surface area contributed by atoms with Crippen molar-refractivity contribution in [3.63, 3.8) is 0 Å². The first-order valence-electron chi connectivity index (χ1n) is 7.86. The van der Waals surface area contributed by atoms with Gasteiger partial charge >= 0.3 is 0 Å². The molecule has 3 nitrogen and oxygen atoms in total. The number of aromatic nitrogens is 2. The van der Waals surface area contributed by atoms with Crippen LogP contribution in [0.4, 0.5) is 0 Å². The highest BCUT2D eigenvalue weighted by atomic mass is 15.3. The molecular formula is C16H29N3. The van der Waals surface area contributed by atoms with Gasteiger partial charge in [0.05, 0.1) is 11.7 Å². The molecule has 0 atom stereocenters. The molecular weight excluding hydrogens is 234 g/mol. The van der Waals surface area contributed by atoms with Crippen LogP contribution in [0.25, 0.3) is 0 Å². The van der Waals surface area contributed by atoms with E-state index in [-0.39, 0.29) is 0 Å². The minimum absolute atomic E-state index is 0.497. The van der Waals surface area contributed by atoms with Crippen molar-refractivity contribution >= 4 is 0 Å². The van der Waals surface area contributed by atoms with E-state index in [9.17, 15) is 0 Å². The van der Waals surface area contributed by atoms with Crippen LogP contribution >= 0.6 is 0 Å². The summed E-state index contributed by atoms with van der Waals surface area (Å²) < 4.78 is 2.17. The fourth-order valence-electron chi connectivity index (χ4n) is 2.74. The van der Waals surface area contributed by atoms with E-state index in [1.807, 2.05) is 0 Å². The van der Waals surface area contributed by atoms with E-state index in [4.69, 9.17) is 5.10 Å². The van der Waals surface area contributed by atoms with E-state index < -0.39 is 0 Å². The van der Waals surface area contributed by atoms with Gasteiger partial charge in [-0.3, -0.25) is 4.68 Å². The summed E-state index contributed by atoms with van der Waals surface area (Å²) >= 11 is 0. The fourth-order valence-corrected chi connectivity index (χ4v) is 2.74. The highest BCUT2D eigenvalue weighted by Gasteiger charge is 2.42. The third kappa shape index (κ3) is 3.82. The number of nitrogens with one attached hydrogen (secondary N) is 1. The van der Waals surface area contributed by atoms with Crippen molar-refractivity contribution in [1.82, 2.24) is 15.1 Å². The molecule has 1 aliphatic carbocycles. The average molecular weight is 263 g/mol. The number of hydrogen-bond donors (Lipinski definition) is 1. The summed E-state index contributed by atoms with van der Waals surface area (Å²) in [7, 11) is 0. The van der Waals surface area contributed by atoms with Crippen LogP contribution in [0.5, 0.6) is 0 Å². The lowest BCUT2D eigenvalue weighted by Gasteiger charge is -2.17. The molecule has 2 rings (SSSR count). The molecule has 1 heterocycles. The average Bonchev–Trinajstić information content (AvgIpc) is 3.00. The molecule has 0 aliphatic heterocycles.